The van der Waals surface area contributed by atoms with Crippen molar-refractivity contribution in [3.05, 3.63) is 47.5 Å². The highest BCUT2D eigenvalue weighted by Crippen LogP contribution is 2.38. The number of hydrogen-bond acceptors (Lipinski definition) is 6. The van der Waals surface area contributed by atoms with Gasteiger partial charge in [-0.25, -0.2) is 0 Å². The summed E-state index contributed by atoms with van der Waals surface area (Å²) in [5.41, 5.74) is 1.08. The molecule has 2 aromatic rings. The molecular weight excluding hydrogens is 360 g/mol. The Bertz CT molecular complexity index is 816. The second-order valence-corrected chi connectivity index (χ2v) is 6.04. The molecule has 6 heteroatoms. The first-order valence-corrected chi connectivity index (χ1v) is 9.02. The predicted octanol–water partition coefficient (Wildman–Crippen LogP) is 4.49. The molecule has 150 valence electrons. The van der Waals surface area contributed by atoms with E-state index in [1.54, 1.807) is 36.4 Å². The summed E-state index contributed by atoms with van der Waals surface area (Å²) >= 11 is 0. The first kappa shape index (κ1) is 21.2. The van der Waals surface area contributed by atoms with Crippen molar-refractivity contribution >= 4 is 11.9 Å². The molecule has 0 radical (unpaired) electrons. The highest BCUT2D eigenvalue weighted by molar-refractivity contribution is 6.07. The van der Waals surface area contributed by atoms with E-state index in [9.17, 15) is 9.90 Å². The fourth-order valence-corrected chi connectivity index (χ4v) is 2.58. The Kier molecular flexibility index (Phi) is 7.75. The van der Waals surface area contributed by atoms with E-state index in [0.29, 0.717) is 40.7 Å². The lowest BCUT2D eigenvalue weighted by molar-refractivity contribution is 0.104. The molecule has 2 rings (SSSR count). The molecule has 0 amide bonds. The highest BCUT2D eigenvalue weighted by Gasteiger charge is 2.15. The number of phenolic OH excluding ortho intramolecular Hbond substituents is 1. The number of carbonyl (C=O) groups is 1. The SMILES string of the molecule is CCCCOc1ccc(C=CC(=O)c2cc(OC)c(OC)c(OC)c2)cc1O. The molecule has 0 spiro atoms. The number of hydrogen-bond donors (Lipinski definition) is 1. The average Bonchev–Trinajstić information content (AvgIpc) is 2.72. The first-order chi connectivity index (χ1) is 13.5. The fourth-order valence-electron chi connectivity index (χ4n) is 2.58. The third kappa shape index (κ3) is 5.19. The van der Waals surface area contributed by atoms with Crippen LogP contribution in [-0.4, -0.2) is 38.8 Å². The van der Waals surface area contributed by atoms with Crippen LogP contribution in [0, 0.1) is 0 Å². The van der Waals surface area contributed by atoms with Crippen LogP contribution in [0.15, 0.2) is 36.4 Å². The van der Waals surface area contributed by atoms with Gasteiger partial charge < -0.3 is 24.1 Å². The van der Waals surface area contributed by atoms with Crippen LogP contribution >= 0.6 is 0 Å². The number of rotatable bonds is 10. The van der Waals surface area contributed by atoms with Crippen molar-refractivity contribution < 1.29 is 28.8 Å². The summed E-state index contributed by atoms with van der Waals surface area (Å²) in [5.74, 6) is 1.48. The van der Waals surface area contributed by atoms with Gasteiger partial charge >= 0.3 is 0 Å². The van der Waals surface area contributed by atoms with Gasteiger partial charge in [0, 0.05) is 5.56 Å². The van der Waals surface area contributed by atoms with Crippen molar-refractivity contribution in [2.75, 3.05) is 27.9 Å². The van der Waals surface area contributed by atoms with E-state index in [2.05, 4.69) is 6.92 Å². The van der Waals surface area contributed by atoms with Crippen LogP contribution in [0.2, 0.25) is 0 Å². The van der Waals surface area contributed by atoms with Gasteiger partial charge in [0.1, 0.15) is 0 Å². The molecule has 0 heterocycles. The summed E-state index contributed by atoms with van der Waals surface area (Å²) in [6.45, 7) is 2.63. The number of allylic oxidation sites excluding steroid dienone is 1. The molecule has 1 N–H and O–H groups in total. The lowest BCUT2D eigenvalue weighted by Crippen LogP contribution is -2.00. The van der Waals surface area contributed by atoms with Crippen molar-refractivity contribution in [3.8, 4) is 28.7 Å². The molecule has 28 heavy (non-hydrogen) atoms. The summed E-state index contributed by atoms with van der Waals surface area (Å²) in [6, 6.07) is 8.21. The molecule has 0 saturated heterocycles. The van der Waals surface area contributed by atoms with Crippen LogP contribution in [-0.2, 0) is 0 Å². The number of ketones is 1. The summed E-state index contributed by atoms with van der Waals surface area (Å²) in [6.07, 6.45) is 4.99. The van der Waals surface area contributed by atoms with Crippen molar-refractivity contribution in [1.29, 1.82) is 0 Å². The Hall–Kier alpha value is -3.15. The Morgan fingerprint density at radius 1 is 1.00 bits per heavy atom. The molecule has 0 aliphatic heterocycles. The number of aromatic hydroxyl groups is 1. The van der Waals surface area contributed by atoms with Crippen molar-refractivity contribution in [1.82, 2.24) is 0 Å². The number of methoxy groups -OCH3 is 3. The Labute approximate surface area is 165 Å². The number of unbranched alkanes of at least 4 members (excludes halogenated alkanes) is 1. The van der Waals surface area contributed by atoms with Gasteiger partial charge in [0.2, 0.25) is 5.75 Å². The van der Waals surface area contributed by atoms with Gasteiger partial charge in [0.25, 0.3) is 0 Å². The summed E-state index contributed by atoms with van der Waals surface area (Å²) < 4.78 is 21.3. The van der Waals surface area contributed by atoms with E-state index in [-0.39, 0.29) is 11.5 Å². The summed E-state index contributed by atoms with van der Waals surface area (Å²) in [4.78, 5) is 12.6. The molecule has 0 fully saturated rings. The van der Waals surface area contributed by atoms with E-state index >= 15 is 0 Å². The van der Waals surface area contributed by atoms with Crippen LogP contribution < -0.4 is 18.9 Å². The zero-order valence-corrected chi connectivity index (χ0v) is 16.7. The predicted molar refractivity (Wildman–Crippen MR) is 108 cm³/mol. The van der Waals surface area contributed by atoms with Crippen LogP contribution in [0.4, 0.5) is 0 Å². The zero-order valence-electron chi connectivity index (χ0n) is 16.7. The normalized spacial score (nSPS) is 10.7. The van der Waals surface area contributed by atoms with Crippen LogP contribution in [0.5, 0.6) is 28.7 Å². The fraction of sp³-hybridized carbons (Fsp3) is 0.318. The minimum absolute atomic E-state index is 0.0403. The van der Waals surface area contributed by atoms with Gasteiger partial charge in [-0.1, -0.05) is 25.5 Å². The molecule has 0 aliphatic carbocycles. The third-order valence-electron chi connectivity index (χ3n) is 4.11. The minimum atomic E-state index is -0.234. The van der Waals surface area contributed by atoms with Gasteiger partial charge in [0.05, 0.1) is 27.9 Å². The smallest absolute Gasteiger partial charge is 0.203 e. The Morgan fingerprint density at radius 2 is 1.68 bits per heavy atom. The average molecular weight is 386 g/mol. The number of phenols is 1. The van der Waals surface area contributed by atoms with E-state index in [1.807, 2.05) is 0 Å². The highest BCUT2D eigenvalue weighted by atomic mass is 16.5. The van der Waals surface area contributed by atoms with E-state index in [1.165, 1.54) is 27.4 Å². The molecule has 0 unspecified atom stereocenters. The maximum absolute atomic E-state index is 12.6. The topological polar surface area (TPSA) is 74.2 Å². The molecule has 2 aromatic carbocycles. The van der Waals surface area contributed by atoms with Crippen molar-refractivity contribution in [3.63, 3.8) is 0 Å². The molecule has 0 saturated carbocycles. The summed E-state index contributed by atoms with van der Waals surface area (Å²) in [5, 5.41) is 10.1. The molecule has 0 aromatic heterocycles. The monoisotopic (exact) mass is 386 g/mol. The van der Waals surface area contributed by atoms with Crippen LogP contribution in [0.25, 0.3) is 6.08 Å². The van der Waals surface area contributed by atoms with Crippen LogP contribution in [0.1, 0.15) is 35.7 Å². The summed E-state index contributed by atoms with van der Waals surface area (Å²) in [7, 11) is 4.49. The third-order valence-corrected chi connectivity index (χ3v) is 4.11. The largest absolute Gasteiger partial charge is 0.504 e. The van der Waals surface area contributed by atoms with E-state index in [0.717, 1.165) is 12.8 Å². The van der Waals surface area contributed by atoms with Gasteiger partial charge in [-0.05, 0) is 42.3 Å². The molecule has 0 aliphatic rings. The van der Waals surface area contributed by atoms with Gasteiger partial charge in [0.15, 0.2) is 28.8 Å². The lowest BCUT2D eigenvalue weighted by Gasteiger charge is -2.13. The maximum Gasteiger partial charge on any atom is 0.203 e. The van der Waals surface area contributed by atoms with Crippen molar-refractivity contribution in [2.45, 2.75) is 19.8 Å². The van der Waals surface area contributed by atoms with E-state index in [4.69, 9.17) is 18.9 Å². The second kappa shape index (κ2) is 10.3. The van der Waals surface area contributed by atoms with E-state index < -0.39 is 0 Å². The van der Waals surface area contributed by atoms with Crippen LogP contribution in [0.3, 0.4) is 0 Å². The molecular formula is C22H26O6. The standard InChI is InChI=1S/C22H26O6/c1-5-6-11-28-19-10-8-15(12-18(19)24)7-9-17(23)16-13-20(25-2)22(27-4)21(14-16)26-3/h7-10,12-14,24H,5-6,11H2,1-4H3. The quantitative estimate of drug-likeness (QED) is 0.368. The molecule has 0 bridgehead atoms. The number of carbonyl (C=O) groups excluding carboxylic acids is 1. The maximum atomic E-state index is 12.6. The van der Waals surface area contributed by atoms with Gasteiger partial charge in [-0.3, -0.25) is 4.79 Å². The first-order valence-electron chi connectivity index (χ1n) is 9.02. The number of ether oxygens (including phenoxy) is 4. The van der Waals surface area contributed by atoms with Gasteiger partial charge in [-0.2, -0.15) is 0 Å². The number of benzene rings is 2. The second-order valence-electron chi connectivity index (χ2n) is 6.04. The Morgan fingerprint density at radius 3 is 2.21 bits per heavy atom. The molecule has 6 nitrogen and oxygen atoms in total. The lowest BCUT2D eigenvalue weighted by atomic mass is 10.1. The minimum Gasteiger partial charge on any atom is -0.504 e. The Balaban J connectivity index is 2.18. The molecule has 0 atom stereocenters. The van der Waals surface area contributed by atoms with Gasteiger partial charge in [-0.15, -0.1) is 0 Å². The van der Waals surface area contributed by atoms with Crippen molar-refractivity contribution in [2.24, 2.45) is 0 Å². The zero-order chi connectivity index (χ0) is 20.5.